The van der Waals surface area contributed by atoms with Gasteiger partial charge in [0, 0.05) is 99.8 Å². The average molecular weight is 885 g/mol. The van der Waals surface area contributed by atoms with E-state index in [2.05, 4.69) is 35.3 Å². The minimum Gasteiger partial charge on any atom is -0.351 e. The van der Waals surface area contributed by atoms with E-state index in [4.69, 9.17) is 21.8 Å². The Hall–Kier alpha value is -3.79. The Morgan fingerprint density at radius 2 is 1.20 bits per heavy atom. The summed E-state index contributed by atoms with van der Waals surface area (Å²) < 4.78 is 51.6. The van der Waals surface area contributed by atoms with Crippen LogP contribution in [0.25, 0.3) is 22.1 Å². The summed E-state index contributed by atoms with van der Waals surface area (Å²) in [6.07, 6.45) is 17.0. The molecule has 4 heterocycles. The Morgan fingerprint density at radius 1 is 0.746 bits per heavy atom. The van der Waals surface area contributed by atoms with E-state index in [1.165, 1.54) is 85.6 Å². The lowest BCUT2D eigenvalue weighted by Gasteiger charge is -2.22. The van der Waals surface area contributed by atoms with Gasteiger partial charge in [0.1, 0.15) is 16.8 Å². The van der Waals surface area contributed by atoms with E-state index < -0.39 is 19.4 Å². The highest BCUT2D eigenvalue weighted by Crippen LogP contribution is 2.22. The fourth-order valence-corrected chi connectivity index (χ4v) is 7.08. The van der Waals surface area contributed by atoms with Crippen LogP contribution in [-0.4, -0.2) is 108 Å². The van der Waals surface area contributed by atoms with E-state index in [0.29, 0.717) is 61.2 Å². The standard InChI is InChI=1S/C18H28N6O3S.C16H24N6.C2H6ClNO2S.2CH4/c1-23(2)28(26,27)20-11-6-12-24-16(25)10-9-14-13-19-18(22-17(14)24)21-15-7-4-3-5-8-15;17-9-4-10-22-14(18)8-7-12-11-19-16(21-15(12)22)20-13-5-2-1-3-6-13;1-4(2)7(3,5)6;;/h9-10,13,15,20H,3-8,11-12H2,1-2H3,(H,19,21,22);7-8,11,13,18H,1-6,9-10,17H2,(H,19,20,21);1-2H3;2*1H4. The number of aryl methyl sites for hydroxylation is 2. The fourth-order valence-electron chi connectivity index (χ4n) is 6.42. The number of rotatable bonds is 14. The summed E-state index contributed by atoms with van der Waals surface area (Å²) in [4.78, 5) is 30.4. The van der Waals surface area contributed by atoms with Crippen molar-refractivity contribution < 1.29 is 16.8 Å². The zero-order valence-corrected chi connectivity index (χ0v) is 35.7. The third-order valence-corrected chi connectivity index (χ3v) is 12.9. The molecule has 21 heteroatoms. The maximum absolute atomic E-state index is 12.4. The number of nitrogens with one attached hydrogen (secondary N) is 4. The molecule has 4 aromatic heterocycles. The first kappa shape index (κ1) is 51.4. The van der Waals surface area contributed by atoms with E-state index >= 15 is 0 Å². The number of nitrogens with two attached hydrogens (primary N) is 1. The molecule has 0 aliphatic heterocycles. The van der Waals surface area contributed by atoms with Crippen LogP contribution in [0.1, 0.15) is 91.9 Å². The highest BCUT2D eigenvalue weighted by atomic mass is 35.7. The second kappa shape index (κ2) is 24.5. The predicted octanol–water partition coefficient (Wildman–Crippen LogP) is 4.63. The monoisotopic (exact) mass is 883 g/mol. The van der Waals surface area contributed by atoms with Crippen molar-refractivity contribution in [1.82, 2.24) is 42.4 Å². The Bertz CT molecular complexity index is 2240. The molecule has 59 heavy (non-hydrogen) atoms. The summed E-state index contributed by atoms with van der Waals surface area (Å²) in [7, 11) is 3.52. The van der Waals surface area contributed by atoms with Crippen LogP contribution in [0.5, 0.6) is 0 Å². The van der Waals surface area contributed by atoms with Crippen molar-refractivity contribution in [2.75, 3.05) is 51.9 Å². The normalized spacial score (nSPS) is 15.1. The zero-order chi connectivity index (χ0) is 41.6. The minimum absolute atomic E-state index is 0. The van der Waals surface area contributed by atoms with Gasteiger partial charge in [-0.2, -0.15) is 35.4 Å². The van der Waals surface area contributed by atoms with Crippen LogP contribution >= 0.6 is 10.7 Å². The van der Waals surface area contributed by atoms with Crippen LogP contribution < -0.4 is 32.1 Å². The number of hydrogen-bond acceptors (Lipinski definition) is 13. The van der Waals surface area contributed by atoms with Gasteiger partial charge in [0.05, 0.1) is 0 Å². The minimum atomic E-state index is -3.47. The molecule has 0 atom stereocenters. The molecule has 0 unspecified atom stereocenters. The highest BCUT2D eigenvalue weighted by molar-refractivity contribution is 8.11. The molecule has 0 radical (unpaired) electrons. The fraction of sp³-hybridized carbons (Fsp3) is 0.632. The molecule has 18 nitrogen and oxygen atoms in total. The van der Waals surface area contributed by atoms with Gasteiger partial charge >= 0.3 is 0 Å². The van der Waals surface area contributed by atoms with Crippen molar-refractivity contribution in [2.45, 2.75) is 117 Å². The van der Waals surface area contributed by atoms with Crippen molar-refractivity contribution in [3.63, 3.8) is 0 Å². The van der Waals surface area contributed by atoms with E-state index in [1.807, 2.05) is 16.8 Å². The molecule has 6 N–H and O–H groups in total. The number of anilines is 2. The van der Waals surface area contributed by atoms with Crippen LogP contribution in [-0.2, 0) is 32.5 Å². The highest BCUT2D eigenvalue weighted by Gasteiger charge is 2.17. The molecule has 2 aliphatic carbocycles. The molecular weight excluding hydrogens is 818 g/mol. The van der Waals surface area contributed by atoms with Gasteiger partial charge in [0.2, 0.25) is 11.9 Å². The van der Waals surface area contributed by atoms with Gasteiger partial charge in [-0.15, -0.1) is 0 Å². The molecule has 2 saturated carbocycles. The Balaban J connectivity index is 0.000000346. The number of aromatic nitrogens is 6. The van der Waals surface area contributed by atoms with Gasteiger partial charge in [-0.3, -0.25) is 14.8 Å². The summed E-state index contributed by atoms with van der Waals surface area (Å²) in [5.41, 5.74) is 7.28. The van der Waals surface area contributed by atoms with Gasteiger partial charge in [0.25, 0.3) is 25.0 Å². The molecule has 0 spiro atoms. The molecule has 0 aromatic carbocycles. The van der Waals surface area contributed by atoms with E-state index in [0.717, 1.165) is 44.3 Å². The molecule has 332 valence electrons. The molecule has 4 aromatic rings. The second-order valence-corrected chi connectivity index (χ2v) is 19.2. The van der Waals surface area contributed by atoms with E-state index in [1.54, 1.807) is 22.9 Å². The predicted molar refractivity (Wildman–Crippen MR) is 239 cm³/mol. The van der Waals surface area contributed by atoms with Crippen LogP contribution in [0.4, 0.5) is 11.9 Å². The van der Waals surface area contributed by atoms with Crippen LogP contribution in [0, 0.1) is 5.41 Å². The first-order valence-electron chi connectivity index (χ1n) is 19.4. The van der Waals surface area contributed by atoms with E-state index in [-0.39, 0.29) is 27.0 Å². The lowest BCUT2D eigenvalue weighted by atomic mass is 9.96. The molecule has 0 amide bonds. The molecule has 0 bridgehead atoms. The molecular formula is C38H66ClN13O5S2. The number of pyridine rings is 2. The maximum atomic E-state index is 12.4. The van der Waals surface area contributed by atoms with Crippen LogP contribution in [0.15, 0.2) is 41.5 Å². The van der Waals surface area contributed by atoms with Crippen molar-refractivity contribution in [1.29, 1.82) is 5.41 Å². The number of hydrogen-bond donors (Lipinski definition) is 5. The SMILES string of the molecule is C.C.CN(C)S(=O)(=O)Cl.CN(C)S(=O)(=O)NCCCn1c(=O)ccc2cnc(NC3CCCCC3)nc21.N=c1ccc2cnc(NC3CCCCC3)nc2n1CCCN. The lowest BCUT2D eigenvalue weighted by Crippen LogP contribution is -2.36. The van der Waals surface area contributed by atoms with Gasteiger partial charge in [0.15, 0.2) is 0 Å². The second-order valence-electron chi connectivity index (χ2n) is 14.5. The van der Waals surface area contributed by atoms with Crippen LogP contribution in [0.2, 0.25) is 0 Å². The average Bonchev–Trinajstić information content (AvgIpc) is 3.18. The van der Waals surface area contributed by atoms with Gasteiger partial charge < -0.3 is 20.9 Å². The maximum Gasteiger partial charge on any atom is 0.299 e. The summed E-state index contributed by atoms with van der Waals surface area (Å²) in [5, 5.41) is 16.7. The van der Waals surface area contributed by atoms with Gasteiger partial charge in [-0.25, -0.2) is 14.7 Å². The quantitative estimate of drug-likeness (QED) is 0.0861. The first-order chi connectivity index (χ1) is 27.1. The van der Waals surface area contributed by atoms with Crippen LogP contribution in [0.3, 0.4) is 0 Å². The molecule has 0 saturated heterocycles. The number of fused-ring (bicyclic) bond motifs is 2. The van der Waals surface area contributed by atoms with Gasteiger partial charge in [-0.05, 0) is 63.3 Å². The topological polar surface area (TPSA) is 239 Å². The Labute approximate surface area is 354 Å². The zero-order valence-electron chi connectivity index (χ0n) is 33.3. The molecule has 6 rings (SSSR count). The van der Waals surface area contributed by atoms with Crippen molar-refractivity contribution >= 4 is 64.1 Å². The summed E-state index contributed by atoms with van der Waals surface area (Å²) in [5.74, 6) is 1.21. The van der Waals surface area contributed by atoms with Crippen molar-refractivity contribution in [2.24, 2.45) is 5.73 Å². The lowest BCUT2D eigenvalue weighted by molar-refractivity contribution is 0.461. The smallest absolute Gasteiger partial charge is 0.299 e. The molecule has 2 fully saturated rings. The van der Waals surface area contributed by atoms with Crippen molar-refractivity contribution in [3.8, 4) is 0 Å². The van der Waals surface area contributed by atoms with E-state index in [9.17, 15) is 21.6 Å². The largest absolute Gasteiger partial charge is 0.351 e. The molecule has 2 aliphatic rings. The summed E-state index contributed by atoms with van der Waals surface area (Å²) in [6.45, 7) is 1.93. The van der Waals surface area contributed by atoms with Gasteiger partial charge in [-0.1, -0.05) is 53.4 Å². The first-order valence-corrected chi connectivity index (χ1v) is 23.1. The Kier molecular flexibility index (Phi) is 21.3. The summed E-state index contributed by atoms with van der Waals surface area (Å²) in [6, 6.07) is 7.74. The summed E-state index contributed by atoms with van der Waals surface area (Å²) >= 11 is 0. The Morgan fingerprint density at radius 3 is 1.66 bits per heavy atom. The third kappa shape index (κ3) is 16.0. The third-order valence-electron chi connectivity index (χ3n) is 9.71. The number of nitrogens with zero attached hydrogens (tertiary/aromatic N) is 8. The van der Waals surface area contributed by atoms with Crippen molar-refractivity contribution in [3.05, 3.63) is 52.5 Å². The number of halogens is 1.